The molecular weight excluding hydrogens is 340 g/mol. The molecule has 1 atom stereocenters. The molecule has 0 aliphatic carbocycles. The van der Waals surface area contributed by atoms with E-state index >= 15 is 0 Å². The smallest absolute Gasteiger partial charge is 0.228 e. The molecular formula is C16H22N6O2S. The molecule has 1 aliphatic heterocycles. The van der Waals surface area contributed by atoms with Crippen LogP contribution in [0.3, 0.4) is 0 Å². The van der Waals surface area contributed by atoms with Crippen molar-refractivity contribution >= 4 is 21.8 Å². The van der Waals surface area contributed by atoms with E-state index in [1.54, 1.807) is 0 Å². The van der Waals surface area contributed by atoms with E-state index in [0.29, 0.717) is 30.7 Å². The summed E-state index contributed by atoms with van der Waals surface area (Å²) in [7, 11) is -3.17. The van der Waals surface area contributed by atoms with Crippen LogP contribution in [0.25, 0.3) is 0 Å². The molecule has 134 valence electrons. The average molecular weight is 362 g/mol. The van der Waals surface area contributed by atoms with Crippen molar-refractivity contribution in [1.82, 2.24) is 24.2 Å². The lowest BCUT2D eigenvalue weighted by atomic mass is 10.0. The van der Waals surface area contributed by atoms with E-state index in [1.807, 2.05) is 32.9 Å². The lowest BCUT2D eigenvalue weighted by Crippen LogP contribution is -2.27. The molecule has 0 amide bonds. The van der Waals surface area contributed by atoms with E-state index in [1.165, 1.54) is 10.6 Å². The van der Waals surface area contributed by atoms with Crippen LogP contribution in [0.5, 0.6) is 0 Å². The van der Waals surface area contributed by atoms with Crippen molar-refractivity contribution in [3.8, 4) is 0 Å². The Morgan fingerprint density at radius 3 is 2.36 bits per heavy atom. The quantitative estimate of drug-likeness (QED) is 0.883. The summed E-state index contributed by atoms with van der Waals surface area (Å²) in [6.45, 7) is 6.62. The minimum Gasteiger partial charge on any atom is -0.309 e. The van der Waals surface area contributed by atoms with Gasteiger partial charge >= 0.3 is 0 Å². The molecule has 1 aliphatic rings. The predicted octanol–water partition coefficient (Wildman–Crippen LogP) is 1.68. The van der Waals surface area contributed by atoms with E-state index in [9.17, 15) is 8.42 Å². The van der Waals surface area contributed by atoms with Gasteiger partial charge in [0.25, 0.3) is 0 Å². The van der Waals surface area contributed by atoms with Crippen molar-refractivity contribution in [2.24, 2.45) is 0 Å². The van der Waals surface area contributed by atoms with Crippen molar-refractivity contribution in [1.29, 1.82) is 0 Å². The largest absolute Gasteiger partial charge is 0.309 e. The van der Waals surface area contributed by atoms with Gasteiger partial charge in [-0.25, -0.2) is 32.7 Å². The Bertz CT molecular complexity index is 879. The maximum absolute atomic E-state index is 11.7. The fraction of sp³-hybridized carbons (Fsp3) is 0.500. The number of rotatable bonds is 4. The van der Waals surface area contributed by atoms with E-state index in [0.717, 1.165) is 23.5 Å². The molecule has 2 aromatic heterocycles. The zero-order valence-corrected chi connectivity index (χ0v) is 15.6. The molecule has 0 spiro atoms. The first-order chi connectivity index (χ1) is 11.7. The van der Waals surface area contributed by atoms with E-state index in [-0.39, 0.29) is 5.92 Å². The van der Waals surface area contributed by atoms with Crippen molar-refractivity contribution in [3.63, 3.8) is 0 Å². The van der Waals surface area contributed by atoms with Gasteiger partial charge in [0.05, 0.1) is 11.9 Å². The third kappa shape index (κ3) is 4.29. The molecule has 2 aromatic rings. The van der Waals surface area contributed by atoms with Crippen LogP contribution >= 0.6 is 0 Å². The van der Waals surface area contributed by atoms with Gasteiger partial charge in [0.1, 0.15) is 11.6 Å². The Morgan fingerprint density at radius 1 is 1.08 bits per heavy atom. The minimum absolute atomic E-state index is 0.0668. The SMILES string of the molecule is Cc1cc(C)nc(Nc2cc(C3CCN(S(C)(=O)=O)C3)nc(C)n2)n1. The Balaban J connectivity index is 1.84. The van der Waals surface area contributed by atoms with Crippen LogP contribution in [0.15, 0.2) is 12.1 Å². The number of aryl methyl sites for hydroxylation is 3. The van der Waals surface area contributed by atoms with Gasteiger partial charge in [-0.05, 0) is 33.3 Å². The fourth-order valence-electron chi connectivity index (χ4n) is 3.03. The molecule has 0 bridgehead atoms. The number of anilines is 2. The highest BCUT2D eigenvalue weighted by atomic mass is 32.2. The second-order valence-corrected chi connectivity index (χ2v) is 8.41. The van der Waals surface area contributed by atoms with Gasteiger partial charge in [-0.3, -0.25) is 0 Å². The highest BCUT2D eigenvalue weighted by Crippen LogP contribution is 2.28. The Morgan fingerprint density at radius 2 is 1.76 bits per heavy atom. The van der Waals surface area contributed by atoms with E-state index < -0.39 is 10.0 Å². The topological polar surface area (TPSA) is 101 Å². The first-order valence-corrected chi connectivity index (χ1v) is 9.95. The summed E-state index contributed by atoms with van der Waals surface area (Å²) in [6, 6.07) is 3.75. The Kier molecular flexibility index (Phi) is 4.70. The van der Waals surface area contributed by atoms with Gasteiger partial charge in [-0.1, -0.05) is 0 Å². The molecule has 3 heterocycles. The molecule has 0 aromatic carbocycles. The Hall–Kier alpha value is -2.13. The zero-order valence-electron chi connectivity index (χ0n) is 14.8. The molecule has 9 heteroatoms. The van der Waals surface area contributed by atoms with Crippen molar-refractivity contribution < 1.29 is 8.42 Å². The van der Waals surface area contributed by atoms with Crippen molar-refractivity contribution in [3.05, 3.63) is 35.0 Å². The summed E-state index contributed by atoms with van der Waals surface area (Å²) in [5, 5.41) is 3.13. The molecule has 1 saturated heterocycles. The normalized spacial score (nSPS) is 18.5. The predicted molar refractivity (Wildman–Crippen MR) is 95.3 cm³/mol. The van der Waals surface area contributed by atoms with Gasteiger partial charge < -0.3 is 5.32 Å². The van der Waals surface area contributed by atoms with Crippen LogP contribution in [0.1, 0.15) is 35.2 Å². The van der Waals surface area contributed by atoms with Crippen LogP contribution < -0.4 is 5.32 Å². The first kappa shape index (κ1) is 17.7. The third-order valence-electron chi connectivity index (χ3n) is 4.12. The molecule has 8 nitrogen and oxygen atoms in total. The first-order valence-electron chi connectivity index (χ1n) is 8.11. The second kappa shape index (κ2) is 6.64. The molecule has 1 N–H and O–H groups in total. The van der Waals surface area contributed by atoms with Crippen LogP contribution in [0.4, 0.5) is 11.8 Å². The van der Waals surface area contributed by atoms with Crippen LogP contribution in [-0.2, 0) is 10.0 Å². The lowest BCUT2D eigenvalue weighted by Gasteiger charge is -2.14. The van der Waals surface area contributed by atoms with Gasteiger partial charge in [0.2, 0.25) is 16.0 Å². The lowest BCUT2D eigenvalue weighted by molar-refractivity contribution is 0.477. The van der Waals surface area contributed by atoms with Gasteiger partial charge in [-0.15, -0.1) is 0 Å². The van der Waals surface area contributed by atoms with Crippen molar-refractivity contribution in [2.45, 2.75) is 33.1 Å². The number of nitrogens with zero attached hydrogens (tertiary/aromatic N) is 5. The number of sulfonamides is 1. The fourth-order valence-corrected chi connectivity index (χ4v) is 3.92. The molecule has 0 saturated carbocycles. The number of nitrogens with one attached hydrogen (secondary N) is 1. The van der Waals surface area contributed by atoms with Gasteiger partial charge in [0.15, 0.2) is 0 Å². The summed E-state index contributed by atoms with van der Waals surface area (Å²) >= 11 is 0. The summed E-state index contributed by atoms with van der Waals surface area (Å²) in [5.41, 5.74) is 2.59. The van der Waals surface area contributed by atoms with Crippen molar-refractivity contribution in [2.75, 3.05) is 24.7 Å². The zero-order chi connectivity index (χ0) is 18.2. The maximum Gasteiger partial charge on any atom is 0.228 e. The summed E-state index contributed by atoms with van der Waals surface area (Å²) in [4.78, 5) is 17.6. The van der Waals surface area contributed by atoms with E-state index in [2.05, 4.69) is 25.3 Å². The molecule has 0 radical (unpaired) electrons. The second-order valence-electron chi connectivity index (χ2n) is 6.43. The summed E-state index contributed by atoms with van der Waals surface area (Å²) in [6.07, 6.45) is 1.99. The van der Waals surface area contributed by atoms with Crippen LogP contribution in [0, 0.1) is 20.8 Å². The summed E-state index contributed by atoms with van der Waals surface area (Å²) < 4.78 is 24.9. The highest BCUT2D eigenvalue weighted by molar-refractivity contribution is 7.88. The molecule has 25 heavy (non-hydrogen) atoms. The van der Waals surface area contributed by atoms with Gasteiger partial charge in [-0.2, -0.15) is 0 Å². The number of hydrogen-bond donors (Lipinski definition) is 1. The molecule has 1 unspecified atom stereocenters. The minimum atomic E-state index is -3.17. The molecule has 1 fully saturated rings. The summed E-state index contributed by atoms with van der Waals surface area (Å²) in [5.74, 6) is 1.80. The van der Waals surface area contributed by atoms with E-state index in [4.69, 9.17) is 0 Å². The van der Waals surface area contributed by atoms with Crippen LogP contribution in [-0.4, -0.2) is 52.0 Å². The standard InChI is InChI=1S/C16H22N6O2S/c1-10-7-11(2)18-16(17-10)21-15-8-14(19-12(3)20-15)13-5-6-22(9-13)25(4,23)24/h7-8,13H,5-6,9H2,1-4H3,(H,17,18,19,20,21). The highest BCUT2D eigenvalue weighted by Gasteiger charge is 2.30. The monoisotopic (exact) mass is 362 g/mol. The van der Waals surface area contributed by atoms with Gasteiger partial charge in [0, 0.05) is 36.5 Å². The third-order valence-corrected chi connectivity index (χ3v) is 5.39. The average Bonchev–Trinajstić information content (AvgIpc) is 2.95. The molecule has 3 rings (SSSR count). The van der Waals surface area contributed by atoms with Crippen LogP contribution in [0.2, 0.25) is 0 Å². The number of aromatic nitrogens is 4. The Labute approximate surface area is 147 Å². The number of hydrogen-bond acceptors (Lipinski definition) is 7. The maximum atomic E-state index is 11.7.